The normalized spacial score (nSPS) is 19.1. The van der Waals surface area contributed by atoms with Gasteiger partial charge in [0, 0.05) is 30.8 Å². The number of ether oxygens (including phenoxy) is 1. The Morgan fingerprint density at radius 1 is 1.24 bits per heavy atom. The molecule has 0 aromatic heterocycles. The van der Waals surface area contributed by atoms with Crippen LogP contribution in [-0.4, -0.2) is 18.0 Å². The van der Waals surface area contributed by atoms with Gasteiger partial charge in [0.05, 0.1) is 12.2 Å². The van der Waals surface area contributed by atoms with Gasteiger partial charge in [-0.1, -0.05) is 0 Å². The molecule has 21 heavy (non-hydrogen) atoms. The van der Waals surface area contributed by atoms with E-state index < -0.39 is 0 Å². The highest BCUT2D eigenvalue weighted by molar-refractivity contribution is 6.20. The maximum Gasteiger partial charge on any atom is 0.233 e. The van der Waals surface area contributed by atoms with Crippen molar-refractivity contribution in [2.75, 3.05) is 10.2 Å². The quantitative estimate of drug-likeness (QED) is 0.799. The molecule has 1 N–H and O–H groups in total. The number of carbonyl (C=O) groups excluding carboxylic acids is 2. The molecule has 3 aliphatic rings. The van der Waals surface area contributed by atoms with Crippen LogP contribution in [0, 0.1) is 0 Å². The van der Waals surface area contributed by atoms with Crippen LogP contribution in [-0.2, 0) is 16.1 Å². The Morgan fingerprint density at radius 2 is 2.05 bits per heavy atom. The standard InChI is InChI=1S/C15H13N3O3/c19-12-2-1-3-13(20)18(12)14-10-8-16-7-9(10)6-11-15(14)21-5-4-17-11/h4-6,8,17H,1-3,7H2. The first-order valence-corrected chi connectivity index (χ1v) is 6.89. The summed E-state index contributed by atoms with van der Waals surface area (Å²) in [6.07, 6.45) is 6.26. The topological polar surface area (TPSA) is 71.0 Å². The van der Waals surface area contributed by atoms with Gasteiger partial charge in [-0.3, -0.25) is 14.6 Å². The van der Waals surface area contributed by atoms with Crippen LogP contribution in [0.3, 0.4) is 0 Å². The number of hydrogen-bond donors (Lipinski definition) is 1. The highest BCUT2D eigenvalue weighted by Gasteiger charge is 2.34. The van der Waals surface area contributed by atoms with E-state index in [1.807, 2.05) is 6.07 Å². The van der Waals surface area contributed by atoms with Crippen LogP contribution in [0.25, 0.3) is 0 Å². The Labute approximate surface area is 121 Å². The van der Waals surface area contributed by atoms with Gasteiger partial charge < -0.3 is 10.1 Å². The van der Waals surface area contributed by atoms with E-state index >= 15 is 0 Å². The average molecular weight is 283 g/mol. The number of rotatable bonds is 1. The number of benzene rings is 1. The molecular weight excluding hydrogens is 270 g/mol. The molecule has 1 aromatic rings. The molecular formula is C15H13N3O3. The molecule has 0 saturated carbocycles. The molecule has 1 fully saturated rings. The third-order valence-electron chi connectivity index (χ3n) is 3.86. The summed E-state index contributed by atoms with van der Waals surface area (Å²) in [5.74, 6) is 0.147. The number of carbonyl (C=O) groups is 2. The number of anilines is 2. The summed E-state index contributed by atoms with van der Waals surface area (Å²) in [4.78, 5) is 30.0. The SMILES string of the molecule is O=C1CCCC(=O)N1c1c2c(cc3c1OC=CN3)CN=C2. The minimum atomic E-state index is -0.180. The Bertz CT molecular complexity index is 705. The van der Waals surface area contributed by atoms with Crippen molar-refractivity contribution in [1.82, 2.24) is 0 Å². The van der Waals surface area contributed by atoms with Crippen LogP contribution in [0.2, 0.25) is 0 Å². The molecule has 0 bridgehead atoms. The largest absolute Gasteiger partial charge is 0.459 e. The number of imide groups is 1. The van der Waals surface area contributed by atoms with E-state index in [-0.39, 0.29) is 11.8 Å². The molecule has 3 aliphatic heterocycles. The summed E-state index contributed by atoms with van der Waals surface area (Å²) in [6.45, 7) is 0.553. The first-order valence-electron chi connectivity index (χ1n) is 6.89. The summed E-state index contributed by atoms with van der Waals surface area (Å²) in [6, 6.07) is 1.95. The van der Waals surface area contributed by atoms with Crippen molar-refractivity contribution >= 4 is 29.4 Å². The van der Waals surface area contributed by atoms with Crippen LogP contribution in [0.4, 0.5) is 11.4 Å². The van der Waals surface area contributed by atoms with Gasteiger partial charge in [0.15, 0.2) is 5.75 Å². The average Bonchev–Trinajstić information content (AvgIpc) is 2.94. The molecule has 4 rings (SSSR count). The first-order chi connectivity index (χ1) is 10.3. The van der Waals surface area contributed by atoms with Gasteiger partial charge in [-0.25, -0.2) is 4.90 Å². The van der Waals surface area contributed by atoms with Crippen molar-refractivity contribution in [2.24, 2.45) is 4.99 Å². The van der Waals surface area contributed by atoms with E-state index in [2.05, 4.69) is 10.3 Å². The number of amides is 2. The summed E-state index contributed by atoms with van der Waals surface area (Å²) < 4.78 is 5.58. The second kappa shape index (κ2) is 4.44. The number of nitrogens with one attached hydrogen (secondary N) is 1. The first kappa shape index (κ1) is 12.1. The van der Waals surface area contributed by atoms with Crippen LogP contribution in [0.15, 0.2) is 23.5 Å². The van der Waals surface area contributed by atoms with Gasteiger partial charge in [0.25, 0.3) is 0 Å². The molecule has 3 heterocycles. The Hall–Kier alpha value is -2.63. The molecule has 106 valence electrons. The zero-order valence-corrected chi connectivity index (χ0v) is 11.3. The fraction of sp³-hybridized carbons (Fsp3) is 0.267. The zero-order chi connectivity index (χ0) is 14.4. The van der Waals surface area contributed by atoms with Crippen LogP contribution in [0.1, 0.15) is 30.4 Å². The van der Waals surface area contributed by atoms with Gasteiger partial charge in [-0.2, -0.15) is 0 Å². The minimum Gasteiger partial charge on any atom is -0.459 e. The lowest BCUT2D eigenvalue weighted by Crippen LogP contribution is -2.41. The van der Waals surface area contributed by atoms with Crippen molar-refractivity contribution in [2.45, 2.75) is 25.8 Å². The Balaban J connectivity index is 1.95. The molecule has 1 saturated heterocycles. The molecule has 6 heteroatoms. The van der Waals surface area contributed by atoms with E-state index in [9.17, 15) is 9.59 Å². The van der Waals surface area contributed by atoms with E-state index in [0.29, 0.717) is 37.2 Å². The van der Waals surface area contributed by atoms with Gasteiger partial charge in [0.2, 0.25) is 11.8 Å². The predicted octanol–water partition coefficient (Wildman–Crippen LogP) is 1.94. The lowest BCUT2D eigenvalue weighted by molar-refractivity contribution is -0.129. The smallest absolute Gasteiger partial charge is 0.233 e. The van der Waals surface area contributed by atoms with Crippen molar-refractivity contribution in [3.05, 3.63) is 29.7 Å². The molecule has 6 nitrogen and oxygen atoms in total. The summed E-state index contributed by atoms with van der Waals surface area (Å²) in [5, 5.41) is 3.09. The summed E-state index contributed by atoms with van der Waals surface area (Å²) in [5.41, 5.74) is 3.06. The second-order valence-corrected chi connectivity index (χ2v) is 5.19. The van der Waals surface area contributed by atoms with Crippen LogP contribution in [0.5, 0.6) is 5.75 Å². The Kier molecular flexibility index (Phi) is 2.57. The number of piperidine rings is 1. The van der Waals surface area contributed by atoms with Crippen molar-refractivity contribution in [3.8, 4) is 5.75 Å². The molecule has 0 spiro atoms. The molecule has 0 radical (unpaired) electrons. The minimum absolute atomic E-state index is 0.180. The zero-order valence-electron chi connectivity index (χ0n) is 11.3. The molecule has 0 aliphatic carbocycles. The van der Waals surface area contributed by atoms with E-state index in [1.165, 1.54) is 11.2 Å². The lowest BCUT2D eigenvalue weighted by Gasteiger charge is -2.29. The third kappa shape index (κ3) is 1.75. The molecule has 1 aromatic carbocycles. The van der Waals surface area contributed by atoms with Crippen molar-refractivity contribution < 1.29 is 14.3 Å². The van der Waals surface area contributed by atoms with Crippen LogP contribution < -0.4 is 15.0 Å². The lowest BCUT2D eigenvalue weighted by atomic mass is 10.0. The van der Waals surface area contributed by atoms with Gasteiger partial charge >= 0.3 is 0 Å². The molecule has 2 amide bonds. The second-order valence-electron chi connectivity index (χ2n) is 5.19. The van der Waals surface area contributed by atoms with Crippen molar-refractivity contribution in [3.63, 3.8) is 0 Å². The highest BCUT2D eigenvalue weighted by atomic mass is 16.5. The van der Waals surface area contributed by atoms with Gasteiger partial charge in [-0.05, 0) is 18.1 Å². The highest BCUT2D eigenvalue weighted by Crippen LogP contribution is 2.44. The summed E-state index contributed by atoms with van der Waals surface area (Å²) in [7, 11) is 0. The maximum absolute atomic E-state index is 12.3. The number of hydrogen-bond acceptors (Lipinski definition) is 5. The van der Waals surface area contributed by atoms with Crippen molar-refractivity contribution in [1.29, 1.82) is 0 Å². The van der Waals surface area contributed by atoms with E-state index in [4.69, 9.17) is 4.74 Å². The molecule has 0 atom stereocenters. The third-order valence-corrected chi connectivity index (χ3v) is 3.86. The van der Waals surface area contributed by atoms with E-state index in [1.54, 1.807) is 12.4 Å². The van der Waals surface area contributed by atoms with Crippen LogP contribution >= 0.6 is 0 Å². The fourth-order valence-corrected chi connectivity index (χ4v) is 2.91. The van der Waals surface area contributed by atoms with Gasteiger partial charge in [0.1, 0.15) is 11.9 Å². The Morgan fingerprint density at radius 3 is 2.86 bits per heavy atom. The number of aliphatic imine (C=N–C) groups is 1. The fourth-order valence-electron chi connectivity index (χ4n) is 2.91. The monoisotopic (exact) mass is 283 g/mol. The maximum atomic E-state index is 12.3. The number of fused-ring (bicyclic) bond motifs is 2. The molecule has 0 unspecified atom stereocenters. The van der Waals surface area contributed by atoms with Gasteiger partial charge in [-0.15, -0.1) is 0 Å². The summed E-state index contributed by atoms with van der Waals surface area (Å²) >= 11 is 0. The van der Waals surface area contributed by atoms with E-state index in [0.717, 1.165) is 16.8 Å². The number of nitrogens with zero attached hydrogens (tertiary/aromatic N) is 2. The predicted molar refractivity (Wildman–Crippen MR) is 77.5 cm³/mol.